The Hall–Kier alpha value is -2.21. The third-order valence-corrected chi connectivity index (χ3v) is 3.38. The van der Waals surface area contributed by atoms with Crippen LogP contribution in [0.25, 0.3) is 0 Å². The maximum atomic E-state index is 12.3. The number of anilines is 1. The molecule has 2 aromatic rings. The average Bonchev–Trinajstić information content (AvgIpc) is 2.91. The first-order valence-corrected chi connectivity index (χ1v) is 6.91. The minimum atomic E-state index is -0.332. The molecule has 110 valence electrons. The predicted octanol–water partition coefficient (Wildman–Crippen LogP) is 2.58. The van der Waals surface area contributed by atoms with E-state index in [1.165, 1.54) is 7.11 Å². The second-order valence-corrected chi connectivity index (χ2v) is 5.03. The number of aromatic nitrogens is 2. The number of carbonyl (C=O) groups excluding carboxylic acids is 1. The van der Waals surface area contributed by atoms with Gasteiger partial charge in [-0.3, -0.25) is 4.79 Å². The maximum absolute atomic E-state index is 12.3. The Bertz CT molecular complexity index is 661. The van der Waals surface area contributed by atoms with Crippen LogP contribution in [0.15, 0.2) is 24.3 Å². The number of methoxy groups -OCH3 is 1. The highest BCUT2D eigenvalue weighted by atomic mass is 35.5. The van der Waals surface area contributed by atoms with Gasteiger partial charge >= 0.3 is 0 Å². The first kappa shape index (κ1) is 13.8. The molecule has 0 bridgehead atoms. The summed E-state index contributed by atoms with van der Waals surface area (Å²) in [7, 11) is 1.53. The number of benzene rings is 1. The van der Waals surface area contributed by atoms with Gasteiger partial charge in [0.15, 0.2) is 5.69 Å². The number of carbonyl (C=O) groups is 1. The van der Waals surface area contributed by atoms with E-state index in [1.54, 1.807) is 28.9 Å². The predicted molar refractivity (Wildman–Crippen MR) is 78.3 cm³/mol. The molecule has 0 fully saturated rings. The molecule has 1 aromatic heterocycles. The summed E-state index contributed by atoms with van der Waals surface area (Å²) < 4.78 is 12.3. The van der Waals surface area contributed by atoms with E-state index in [4.69, 9.17) is 21.1 Å². The van der Waals surface area contributed by atoms with Gasteiger partial charge in [-0.2, -0.15) is 5.10 Å². The molecule has 0 unspecified atom stereocenters. The first-order chi connectivity index (χ1) is 10.2. The summed E-state index contributed by atoms with van der Waals surface area (Å²) >= 11 is 5.94. The highest BCUT2D eigenvalue weighted by Crippen LogP contribution is 2.28. The molecule has 1 aliphatic rings. The normalized spacial score (nSPS) is 13.2. The summed E-state index contributed by atoms with van der Waals surface area (Å²) in [5.74, 6) is 0.818. The Morgan fingerprint density at radius 1 is 1.48 bits per heavy atom. The van der Waals surface area contributed by atoms with Crippen molar-refractivity contribution >= 4 is 23.2 Å². The molecular weight excluding hydrogens is 294 g/mol. The SMILES string of the molecule is COc1ccc(Cl)cc1NC(=O)c1cc2n(n1)CCCO2. The molecule has 0 aliphatic carbocycles. The fourth-order valence-electron chi connectivity index (χ4n) is 2.14. The summed E-state index contributed by atoms with van der Waals surface area (Å²) in [6, 6.07) is 6.65. The van der Waals surface area contributed by atoms with Gasteiger partial charge < -0.3 is 14.8 Å². The van der Waals surface area contributed by atoms with E-state index in [-0.39, 0.29) is 5.91 Å². The van der Waals surface area contributed by atoms with Gasteiger partial charge in [0.25, 0.3) is 5.91 Å². The molecule has 6 nitrogen and oxygen atoms in total. The van der Waals surface area contributed by atoms with E-state index in [2.05, 4.69) is 10.4 Å². The second-order valence-electron chi connectivity index (χ2n) is 4.59. The van der Waals surface area contributed by atoms with Crippen molar-refractivity contribution in [2.75, 3.05) is 19.0 Å². The number of nitrogens with zero attached hydrogens (tertiary/aromatic N) is 2. The minimum Gasteiger partial charge on any atom is -0.495 e. The van der Waals surface area contributed by atoms with Crippen molar-refractivity contribution < 1.29 is 14.3 Å². The molecule has 1 aliphatic heterocycles. The highest BCUT2D eigenvalue weighted by molar-refractivity contribution is 6.31. The van der Waals surface area contributed by atoms with Gasteiger partial charge in [-0.15, -0.1) is 0 Å². The lowest BCUT2D eigenvalue weighted by Gasteiger charge is -2.13. The zero-order valence-electron chi connectivity index (χ0n) is 11.4. The third-order valence-electron chi connectivity index (χ3n) is 3.15. The van der Waals surface area contributed by atoms with Crippen LogP contribution in [0.5, 0.6) is 11.6 Å². The largest absolute Gasteiger partial charge is 0.495 e. The van der Waals surface area contributed by atoms with Gasteiger partial charge in [-0.05, 0) is 18.2 Å². The summed E-state index contributed by atoms with van der Waals surface area (Å²) in [6.07, 6.45) is 0.887. The van der Waals surface area contributed by atoms with Crippen molar-refractivity contribution in [1.29, 1.82) is 0 Å². The lowest BCUT2D eigenvalue weighted by atomic mass is 10.2. The number of rotatable bonds is 3. The van der Waals surface area contributed by atoms with Crippen LogP contribution in [0.4, 0.5) is 5.69 Å². The Labute approximate surface area is 126 Å². The van der Waals surface area contributed by atoms with E-state index in [0.29, 0.717) is 34.6 Å². The molecule has 1 amide bonds. The van der Waals surface area contributed by atoms with Crippen molar-refractivity contribution in [2.45, 2.75) is 13.0 Å². The number of amides is 1. The average molecular weight is 308 g/mol. The zero-order valence-corrected chi connectivity index (χ0v) is 12.2. The monoisotopic (exact) mass is 307 g/mol. The smallest absolute Gasteiger partial charge is 0.276 e. The quantitative estimate of drug-likeness (QED) is 0.946. The van der Waals surface area contributed by atoms with E-state index in [1.807, 2.05) is 0 Å². The second kappa shape index (κ2) is 5.65. The number of nitrogens with one attached hydrogen (secondary N) is 1. The molecule has 0 spiro atoms. The Balaban J connectivity index is 1.83. The van der Waals surface area contributed by atoms with Crippen LogP contribution >= 0.6 is 11.6 Å². The molecule has 1 aromatic carbocycles. The molecule has 0 saturated heterocycles. The van der Waals surface area contributed by atoms with Crippen LogP contribution in [-0.4, -0.2) is 29.4 Å². The Kier molecular flexibility index (Phi) is 3.70. The fourth-order valence-corrected chi connectivity index (χ4v) is 2.31. The van der Waals surface area contributed by atoms with Crippen LogP contribution in [0.1, 0.15) is 16.9 Å². The van der Waals surface area contributed by atoms with E-state index in [9.17, 15) is 4.79 Å². The summed E-state index contributed by atoms with van der Waals surface area (Å²) in [5.41, 5.74) is 0.802. The van der Waals surface area contributed by atoms with Crippen molar-refractivity contribution in [3.8, 4) is 11.6 Å². The maximum Gasteiger partial charge on any atom is 0.276 e. The minimum absolute atomic E-state index is 0.300. The van der Waals surface area contributed by atoms with Crippen LogP contribution < -0.4 is 14.8 Å². The number of ether oxygens (including phenoxy) is 2. The van der Waals surface area contributed by atoms with E-state index < -0.39 is 0 Å². The van der Waals surface area contributed by atoms with Crippen LogP contribution in [0.2, 0.25) is 5.02 Å². The Morgan fingerprint density at radius 3 is 3.10 bits per heavy atom. The van der Waals surface area contributed by atoms with Gasteiger partial charge in [-0.1, -0.05) is 11.6 Å². The zero-order chi connectivity index (χ0) is 14.8. The van der Waals surface area contributed by atoms with Crippen LogP contribution in [0.3, 0.4) is 0 Å². The summed E-state index contributed by atoms with van der Waals surface area (Å²) in [6.45, 7) is 1.40. The summed E-state index contributed by atoms with van der Waals surface area (Å²) in [4.78, 5) is 12.3. The van der Waals surface area contributed by atoms with Gasteiger partial charge in [0, 0.05) is 24.1 Å². The molecule has 7 heteroatoms. The third kappa shape index (κ3) is 2.80. The molecule has 0 radical (unpaired) electrons. The molecule has 0 atom stereocenters. The fraction of sp³-hybridized carbons (Fsp3) is 0.286. The lowest BCUT2D eigenvalue weighted by Crippen LogP contribution is -2.16. The first-order valence-electron chi connectivity index (χ1n) is 6.53. The van der Waals surface area contributed by atoms with Crippen LogP contribution in [0, 0.1) is 0 Å². The van der Waals surface area contributed by atoms with Crippen molar-refractivity contribution in [3.05, 3.63) is 35.0 Å². The Morgan fingerprint density at radius 2 is 2.33 bits per heavy atom. The summed E-state index contributed by atoms with van der Waals surface area (Å²) in [5, 5.41) is 7.49. The van der Waals surface area contributed by atoms with Gasteiger partial charge in [0.2, 0.25) is 5.88 Å². The lowest BCUT2D eigenvalue weighted by molar-refractivity contribution is 0.102. The topological polar surface area (TPSA) is 65.4 Å². The number of hydrogen-bond donors (Lipinski definition) is 1. The van der Waals surface area contributed by atoms with Gasteiger partial charge in [-0.25, -0.2) is 4.68 Å². The van der Waals surface area contributed by atoms with E-state index >= 15 is 0 Å². The molecular formula is C14H14ClN3O3. The van der Waals surface area contributed by atoms with Crippen molar-refractivity contribution in [1.82, 2.24) is 9.78 Å². The number of halogens is 1. The molecule has 21 heavy (non-hydrogen) atoms. The molecule has 3 rings (SSSR count). The highest BCUT2D eigenvalue weighted by Gasteiger charge is 2.19. The molecule has 1 N–H and O–H groups in total. The van der Waals surface area contributed by atoms with Gasteiger partial charge in [0.05, 0.1) is 19.4 Å². The van der Waals surface area contributed by atoms with Crippen molar-refractivity contribution in [2.24, 2.45) is 0 Å². The van der Waals surface area contributed by atoms with Gasteiger partial charge in [0.1, 0.15) is 5.75 Å². The number of aryl methyl sites for hydroxylation is 1. The molecule has 0 saturated carbocycles. The van der Waals surface area contributed by atoms with Crippen LogP contribution in [-0.2, 0) is 6.54 Å². The van der Waals surface area contributed by atoms with Crippen molar-refractivity contribution in [3.63, 3.8) is 0 Å². The standard InChI is InChI=1S/C14H14ClN3O3/c1-20-12-4-3-9(15)7-10(12)16-14(19)11-8-13-18(17-11)5-2-6-21-13/h3-4,7-8H,2,5-6H2,1H3,(H,16,19). The number of fused-ring (bicyclic) bond motifs is 1. The molecule has 2 heterocycles. The number of hydrogen-bond acceptors (Lipinski definition) is 4. The van der Waals surface area contributed by atoms with E-state index in [0.717, 1.165) is 13.0 Å².